The minimum atomic E-state index is 0.481. The zero-order valence-corrected chi connectivity index (χ0v) is 15.4. The lowest BCUT2D eigenvalue weighted by molar-refractivity contribution is 0.358. The highest BCUT2D eigenvalue weighted by molar-refractivity contribution is 5.79. The van der Waals surface area contributed by atoms with E-state index in [9.17, 15) is 0 Å². The van der Waals surface area contributed by atoms with Crippen LogP contribution in [0.15, 0.2) is 60.2 Å². The summed E-state index contributed by atoms with van der Waals surface area (Å²) in [6.07, 6.45) is 3.45. The summed E-state index contributed by atoms with van der Waals surface area (Å²) >= 11 is 0. The van der Waals surface area contributed by atoms with Gasteiger partial charge in [0.15, 0.2) is 5.96 Å². The molecule has 6 nitrogen and oxygen atoms in total. The molecule has 1 aromatic heterocycles. The largest absolute Gasteiger partial charge is 0.489 e. The molecule has 0 bridgehead atoms. The van der Waals surface area contributed by atoms with Crippen molar-refractivity contribution >= 4 is 5.96 Å². The van der Waals surface area contributed by atoms with E-state index in [4.69, 9.17) is 9.47 Å². The van der Waals surface area contributed by atoms with E-state index in [1.54, 1.807) is 19.4 Å². The first kappa shape index (κ1) is 19.3. The Morgan fingerprint density at radius 1 is 1.27 bits per heavy atom. The molecule has 0 amide bonds. The number of para-hydroxylation sites is 1. The van der Waals surface area contributed by atoms with Crippen molar-refractivity contribution in [2.75, 3.05) is 20.3 Å². The topological polar surface area (TPSA) is 67.8 Å². The average molecular weight is 354 g/mol. The van der Waals surface area contributed by atoms with Crippen molar-refractivity contribution in [1.29, 1.82) is 0 Å². The second kappa shape index (κ2) is 10.8. The third kappa shape index (κ3) is 6.12. The van der Waals surface area contributed by atoms with Crippen LogP contribution in [-0.2, 0) is 13.1 Å². The summed E-state index contributed by atoms with van der Waals surface area (Å²) in [5.41, 5.74) is 2.09. The molecule has 6 heteroatoms. The van der Waals surface area contributed by atoms with E-state index in [0.29, 0.717) is 25.6 Å². The van der Waals surface area contributed by atoms with Crippen LogP contribution in [0.1, 0.15) is 18.1 Å². The van der Waals surface area contributed by atoms with E-state index in [1.165, 1.54) is 0 Å². The maximum Gasteiger partial charge on any atom is 0.213 e. The van der Waals surface area contributed by atoms with Crippen LogP contribution in [0.25, 0.3) is 0 Å². The van der Waals surface area contributed by atoms with Crippen LogP contribution in [0.3, 0.4) is 0 Å². The third-order valence-corrected chi connectivity index (χ3v) is 3.55. The summed E-state index contributed by atoms with van der Waals surface area (Å²) < 4.78 is 10.8. The van der Waals surface area contributed by atoms with Gasteiger partial charge in [-0.25, -0.2) is 9.98 Å². The van der Waals surface area contributed by atoms with E-state index >= 15 is 0 Å². The number of methoxy groups -OCH3 is 1. The molecule has 0 fully saturated rings. The predicted octanol–water partition coefficient (Wildman–Crippen LogP) is 2.91. The van der Waals surface area contributed by atoms with Gasteiger partial charge in [0.1, 0.15) is 12.4 Å². The Hall–Kier alpha value is -3.02. The van der Waals surface area contributed by atoms with Crippen molar-refractivity contribution in [1.82, 2.24) is 15.6 Å². The fourth-order valence-electron chi connectivity index (χ4n) is 2.29. The Morgan fingerprint density at radius 2 is 2.12 bits per heavy atom. The monoisotopic (exact) mass is 354 g/mol. The maximum atomic E-state index is 5.69. The smallest absolute Gasteiger partial charge is 0.213 e. The van der Waals surface area contributed by atoms with Gasteiger partial charge in [0.05, 0.1) is 13.7 Å². The minimum absolute atomic E-state index is 0.481. The SMILES string of the molecule is C=CCOc1ccccc1CNC(=NCc1ccnc(OC)c1)NCC. The number of hydrogen-bond donors (Lipinski definition) is 2. The van der Waals surface area contributed by atoms with Crippen LogP contribution < -0.4 is 20.1 Å². The number of aliphatic imine (C=N–C) groups is 1. The summed E-state index contributed by atoms with van der Waals surface area (Å²) in [4.78, 5) is 8.73. The molecular weight excluding hydrogens is 328 g/mol. The number of pyridine rings is 1. The summed E-state index contributed by atoms with van der Waals surface area (Å²) in [6, 6.07) is 11.7. The molecule has 1 aromatic carbocycles. The van der Waals surface area contributed by atoms with Crippen LogP contribution in [0.5, 0.6) is 11.6 Å². The molecule has 0 aliphatic rings. The molecule has 0 aliphatic heterocycles. The Labute approximate surface area is 155 Å². The molecule has 2 aromatic rings. The summed E-state index contributed by atoms with van der Waals surface area (Å²) in [6.45, 7) is 8.12. The lowest BCUT2D eigenvalue weighted by Crippen LogP contribution is -2.36. The molecule has 138 valence electrons. The van der Waals surface area contributed by atoms with Crippen LogP contribution >= 0.6 is 0 Å². The molecule has 0 aliphatic carbocycles. The minimum Gasteiger partial charge on any atom is -0.489 e. The number of nitrogens with zero attached hydrogens (tertiary/aromatic N) is 2. The molecule has 1 heterocycles. The van der Waals surface area contributed by atoms with E-state index in [-0.39, 0.29) is 0 Å². The number of rotatable bonds is 9. The maximum absolute atomic E-state index is 5.69. The fraction of sp³-hybridized carbons (Fsp3) is 0.300. The highest BCUT2D eigenvalue weighted by atomic mass is 16.5. The highest BCUT2D eigenvalue weighted by Gasteiger charge is 2.04. The van der Waals surface area contributed by atoms with Crippen molar-refractivity contribution in [3.8, 4) is 11.6 Å². The number of benzene rings is 1. The second-order valence-corrected chi connectivity index (χ2v) is 5.46. The summed E-state index contributed by atoms with van der Waals surface area (Å²) in [5.74, 6) is 2.17. The van der Waals surface area contributed by atoms with Crippen LogP contribution in [-0.4, -0.2) is 31.2 Å². The van der Waals surface area contributed by atoms with Crippen molar-refractivity contribution in [2.24, 2.45) is 4.99 Å². The molecule has 0 atom stereocenters. The Balaban J connectivity index is 2.02. The average Bonchev–Trinajstić information content (AvgIpc) is 2.69. The Morgan fingerprint density at radius 3 is 2.88 bits per heavy atom. The third-order valence-electron chi connectivity index (χ3n) is 3.55. The molecule has 2 N–H and O–H groups in total. The highest BCUT2D eigenvalue weighted by Crippen LogP contribution is 2.17. The van der Waals surface area contributed by atoms with Gasteiger partial charge in [-0.15, -0.1) is 0 Å². The van der Waals surface area contributed by atoms with Crippen LogP contribution in [0.2, 0.25) is 0 Å². The predicted molar refractivity (Wildman–Crippen MR) is 105 cm³/mol. The molecule has 26 heavy (non-hydrogen) atoms. The van der Waals surface area contributed by atoms with E-state index in [0.717, 1.165) is 29.4 Å². The second-order valence-electron chi connectivity index (χ2n) is 5.46. The van der Waals surface area contributed by atoms with Gasteiger partial charge >= 0.3 is 0 Å². The molecule has 0 saturated carbocycles. The van der Waals surface area contributed by atoms with Crippen molar-refractivity contribution in [2.45, 2.75) is 20.0 Å². The Kier molecular flexibility index (Phi) is 7.99. The first-order chi connectivity index (χ1) is 12.8. The summed E-state index contributed by atoms with van der Waals surface area (Å²) in [5, 5.41) is 6.59. The standard InChI is InChI=1S/C20H26N4O2/c1-4-12-26-18-9-7-6-8-17(18)15-24-20(21-5-2)23-14-16-10-11-22-19(13-16)25-3/h4,6-11,13H,1,5,12,14-15H2,2-3H3,(H2,21,23,24). The number of aromatic nitrogens is 1. The first-order valence-corrected chi connectivity index (χ1v) is 8.59. The van der Waals surface area contributed by atoms with E-state index < -0.39 is 0 Å². The zero-order valence-electron chi connectivity index (χ0n) is 15.4. The zero-order chi connectivity index (χ0) is 18.6. The fourth-order valence-corrected chi connectivity index (χ4v) is 2.29. The Bertz CT molecular complexity index is 731. The number of hydrogen-bond acceptors (Lipinski definition) is 4. The molecule has 0 spiro atoms. The van der Waals surface area contributed by atoms with Gasteiger partial charge in [-0.05, 0) is 24.6 Å². The van der Waals surface area contributed by atoms with Gasteiger partial charge in [0, 0.05) is 30.9 Å². The van der Waals surface area contributed by atoms with Gasteiger partial charge in [-0.1, -0.05) is 30.9 Å². The molecule has 0 unspecified atom stereocenters. The van der Waals surface area contributed by atoms with Crippen LogP contribution in [0.4, 0.5) is 0 Å². The van der Waals surface area contributed by atoms with Gasteiger partial charge in [0.2, 0.25) is 5.88 Å². The normalized spacial score (nSPS) is 10.9. The quantitative estimate of drug-likeness (QED) is 0.412. The van der Waals surface area contributed by atoms with Crippen LogP contribution in [0, 0.1) is 0 Å². The van der Waals surface area contributed by atoms with Crippen molar-refractivity contribution in [3.63, 3.8) is 0 Å². The van der Waals surface area contributed by atoms with E-state index in [2.05, 4.69) is 27.2 Å². The number of guanidine groups is 1. The first-order valence-electron chi connectivity index (χ1n) is 8.59. The van der Waals surface area contributed by atoms with Crippen molar-refractivity contribution in [3.05, 3.63) is 66.4 Å². The lowest BCUT2D eigenvalue weighted by atomic mass is 10.2. The summed E-state index contributed by atoms with van der Waals surface area (Å²) in [7, 11) is 1.60. The van der Waals surface area contributed by atoms with Gasteiger partial charge < -0.3 is 20.1 Å². The molecule has 0 radical (unpaired) electrons. The van der Waals surface area contributed by atoms with Crippen molar-refractivity contribution < 1.29 is 9.47 Å². The molecular formula is C20H26N4O2. The molecule has 2 rings (SSSR count). The van der Waals surface area contributed by atoms with Gasteiger partial charge in [-0.3, -0.25) is 0 Å². The lowest BCUT2D eigenvalue weighted by Gasteiger charge is -2.14. The number of nitrogens with one attached hydrogen (secondary N) is 2. The van der Waals surface area contributed by atoms with Gasteiger partial charge in [0.25, 0.3) is 0 Å². The number of ether oxygens (including phenoxy) is 2. The van der Waals surface area contributed by atoms with E-state index in [1.807, 2.05) is 43.3 Å². The molecule has 0 saturated heterocycles. The van der Waals surface area contributed by atoms with Gasteiger partial charge in [-0.2, -0.15) is 0 Å².